The third-order valence-corrected chi connectivity index (χ3v) is 6.18. The Morgan fingerprint density at radius 1 is 1.06 bits per heavy atom. The first-order chi connectivity index (χ1) is 15.7. The van der Waals surface area contributed by atoms with Crippen LogP contribution in [0.15, 0.2) is 53.7 Å². The molecule has 2 aromatic carbocycles. The number of rotatable bonds is 9. The molecule has 1 saturated heterocycles. The molecule has 1 aliphatic rings. The molecule has 1 fully saturated rings. The van der Waals surface area contributed by atoms with Crippen LogP contribution in [0.25, 0.3) is 0 Å². The quantitative estimate of drug-likeness (QED) is 0.360. The molecule has 9 heteroatoms. The van der Waals surface area contributed by atoms with Gasteiger partial charge in [0.05, 0.1) is 45.3 Å². The summed E-state index contributed by atoms with van der Waals surface area (Å²) >= 11 is 1.37. The molecule has 0 atom stereocenters. The standard InChI is InChI=1S/C23H26N4O4S/c1-29-18-8-9-21(30-2)19(14-18)20(28)16-32-23-25-24-22(26-10-12-31-13-11-26)27(23)15-17-6-4-3-5-7-17/h3-9,14H,10-13,15-16H2,1-2H3. The molecule has 0 radical (unpaired) electrons. The van der Waals surface area contributed by atoms with Crippen molar-refractivity contribution in [3.05, 3.63) is 59.7 Å². The Labute approximate surface area is 191 Å². The Bertz CT molecular complexity index is 1050. The van der Waals surface area contributed by atoms with Gasteiger partial charge in [-0.1, -0.05) is 42.1 Å². The average Bonchev–Trinajstić information content (AvgIpc) is 3.25. The molecule has 2 heterocycles. The van der Waals surface area contributed by atoms with Crippen molar-refractivity contribution in [3.8, 4) is 11.5 Å². The summed E-state index contributed by atoms with van der Waals surface area (Å²) in [5.41, 5.74) is 1.63. The topological polar surface area (TPSA) is 78.7 Å². The molecule has 0 spiro atoms. The zero-order valence-corrected chi connectivity index (χ0v) is 19.0. The number of carbonyl (C=O) groups is 1. The Morgan fingerprint density at radius 3 is 2.56 bits per heavy atom. The minimum atomic E-state index is -0.0621. The predicted molar refractivity (Wildman–Crippen MR) is 123 cm³/mol. The van der Waals surface area contributed by atoms with E-state index in [2.05, 4.69) is 31.8 Å². The van der Waals surface area contributed by atoms with Crippen LogP contribution in [-0.2, 0) is 11.3 Å². The number of benzene rings is 2. The Balaban J connectivity index is 1.56. The fraction of sp³-hybridized carbons (Fsp3) is 0.348. The number of thioether (sulfide) groups is 1. The van der Waals surface area contributed by atoms with Crippen LogP contribution in [0.2, 0.25) is 0 Å². The van der Waals surface area contributed by atoms with Crippen LogP contribution in [0.4, 0.5) is 5.95 Å². The van der Waals surface area contributed by atoms with E-state index in [0.717, 1.165) is 24.6 Å². The molecule has 1 aromatic heterocycles. The van der Waals surface area contributed by atoms with Crippen molar-refractivity contribution >= 4 is 23.5 Å². The van der Waals surface area contributed by atoms with E-state index in [4.69, 9.17) is 14.2 Å². The number of morpholine rings is 1. The van der Waals surface area contributed by atoms with Crippen LogP contribution in [0.5, 0.6) is 11.5 Å². The second-order valence-corrected chi connectivity index (χ2v) is 8.17. The van der Waals surface area contributed by atoms with Crippen LogP contribution < -0.4 is 14.4 Å². The first-order valence-corrected chi connectivity index (χ1v) is 11.4. The average molecular weight is 455 g/mol. The third kappa shape index (κ3) is 5.05. The Morgan fingerprint density at radius 2 is 1.84 bits per heavy atom. The maximum atomic E-state index is 13.0. The minimum Gasteiger partial charge on any atom is -0.497 e. The lowest BCUT2D eigenvalue weighted by atomic mass is 10.1. The first kappa shape index (κ1) is 22.2. The Kier molecular flexibility index (Phi) is 7.28. The summed E-state index contributed by atoms with van der Waals surface area (Å²) in [6, 6.07) is 15.4. The molecule has 32 heavy (non-hydrogen) atoms. The van der Waals surface area contributed by atoms with Crippen molar-refractivity contribution in [3.63, 3.8) is 0 Å². The largest absolute Gasteiger partial charge is 0.497 e. The fourth-order valence-electron chi connectivity index (χ4n) is 3.53. The number of nitrogens with zero attached hydrogens (tertiary/aromatic N) is 4. The number of ether oxygens (including phenoxy) is 3. The maximum absolute atomic E-state index is 13.0. The van der Waals surface area contributed by atoms with Gasteiger partial charge in [-0.2, -0.15) is 0 Å². The minimum absolute atomic E-state index is 0.0621. The normalized spacial score (nSPS) is 13.8. The summed E-state index contributed by atoms with van der Waals surface area (Å²) in [4.78, 5) is 15.2. The van der Waals surface area contributed by atoms with E-state index in [1.54, 1.807) is 32.4 Å². The molecular formula is C23H26N4O4S. The molecular weight excluding hydrogens is 428 g/mol. The van der Waals surface area contributed by atoms with Gasteiger partial charge in [0.25, 0.3) is 0 Å². The number of carbonyl (C=O) groups excluding carboxylic acids is 1. The second-order valence-electron chi connectivity index (χ2n) is 7.23. The number of hydrogen-bond donors (Lipinski definition) is 0. The molecule has 1 aliphatic heterocycles. The zero-order chi connectivity index (χ0) is 22.3. The summed E-state index contributed by atoms with van der Waals surface area (Å²) < 4.78 is 18.2. The van der Waals surface area contributed by atoms with Crippen molar-refractivity contribution < 1.29 is 19.0 Å². The highest BCUT2D eigenvalue weighted by Crippen LogP contribution is 2.28. The number of Topliss-reactive ketones (excluding diaryl/α,β-unsaturated/α-hetero) is 1. The Hall–Kier alpha value is -3.04. The van der Waals surface area contributed by atoms with E-state index in [1.807, 2.05) is 18.2 Å². The van der Waals surface area contributed by atoms with Gasteiger partial charge in [0.15, 0.2) is 10.9 Å². The van der Waals surface area contributed by atoms with E-state index < -0.39 is 0 Å². The second kappa shape index (κ2) is 10.5. The van der Waals surface area contributed by atoms with Crippen LogP contribution >= 0.6 is 11.8 Å². The summed E-state index contributed by atoms with van der Waals surface area (Å²) in [5, 5.41) is 9.57. The summed E-state index contributed by atoms with van der Waals surface area (Å²) in [5.74, 6) is 2.08. The highest BCUT2D eigenvalue weighted by molar-refractivity contribution is 7.99. The van der Waals surface area contributed by atoms with Gasteiger partial charge in [0.1, 0.15) is 11.5 Å². The fourth-order valence-corrected chi connectivity index (χ4v) is 4.35. The molecule has 0 bridgehead atoms. The molecule has 0 amide bonds. The third-order valence-electron chi connectivity index (χ3n) is 5.21. The lowest BCUT2D eigenvalue weighted by molar-refractivity contribution is 0.101. The molecule has 0 unspecified atom stereocenters. The van der Waals surface area contributed by atoms with E-state index >= 15 is 0 Å². The smallest absolute Gasteiger partial charge is 0.228 e. The lowest BCUT2D eigenvalue weighted by Gasteiger charge is -2.28. The maximum Gasteiger partial charge on any atom is 0.228 e. The van der Waals surface area contributed by atoms with E-state index in [9.17, 15) is 4.79 Å². The number of anilines is 1. The van der Waals surface area contributed by atoms with Gasteiger partial charge < -0.3 is 19.1 Å². The van der Waals surface area contributed by atoms with Crippen molar-refractivity contribution in [2.75, 3.05) is 51.2 Å². The van der Waals surface area contributed by atoms with E-state index in [1.165, 1.54) is 11.8 Å². The molecule has 0 saturated carbocycles. The van der Waals surface area contributed by atoms with Crippen LogP contribution in [0, 0.1) is 0 Å². The van der Waals surface area contributed by atoms with Crippen LogP contribution in [0.1, 0.15) is 15.9 Å². The van der Waals surface area contributed by atoms with E-state index in [-0.39, 0.29) is 11.5 Å². The number of methoxy groups -OCH3 is 2. The van der Waals surface area contributed by atoms with Crippen molar-refractivity contribution in [2.45, 2.75) is 11.7 Å². The van der Waals surface area contributed by atoms with Gasteiger partial charge in [-0.05, 0) is 23.8 Å². The molecule has 8 nitrogen and oxygen atoms in total. The van der Waals surface area contributed by atoms with Gasteiger partial charge in [-0.25, -0.2) is 0 Å². The highest BCUT2D eigenvalue weighted by atomic mass is 32.2. The zero-order valence-electron chi connectivity index (χ0n) is 18.2. The summed E-state index contributed by atoms with van der Waals surface area (Å²) in [6.07, 6.45) is 0. The van der Waals surface area contributed by atoms with Crippen molar-refractivity contribution in [2.24, 2.45) is 0 Å². The summed E-state index contributed by atoms with van der Waals surface area (Å²) in [7, 11) is 3.13. The molecule has 3 aromatic rings. The first-order valence-electron chi connectivity index (χ1n) is 10.4. The van der Waals surface area contributed by atoms with E-state index in [0.29, 0.717) is 42.0 Å². The summed E-state index contributed by atoms with van der Waals surface area (Å²) in [6.45, 7) is 3.47. The number of ketones is 1. The van der Waals surface area contributed by atoms with Gasteiger partial charge in [0, 0.05) is 13.1 Å². The molecule has 168 valence electrons. The highest BCUT2D eigenvalue weighted by Gasteiger charge is 2.22. The molecule has 0 aliphatic carbocycles. The predicted octanol–water partition coefficient (Wildman–Crippen LogP) is 3.16. The van der Waals surface area contributed by atoms with Crippen molar-refractivity contribution in [1.82, 2.24) is 14.8 Å². The SMILES string of the molecule is COc1ccc(OC)c(C(=O)CSc2nnc(N3CCOCC3)n2Cc2ccccc2)c1. The van der Waals surface area contributed by atoms with Gasteiger partial charge in [-0.3, -0.25) is 9.36 Å². The number of hydrogen-bond acceptors (Lipinski definition) is 8. The molecule has 0 N–H and O–H groups in total. The van der Waals surface area contributed by atoms with Crippen LogP contribution in [-0.4, -0.2) is 66.8 Å². The number of aromatic nitrogens is 3. The van der Waals surface area contributed by atoms with Crippen molar-refractivity contribution in [1.29, 1.82) is 0 Å². The monoisotopic (exact) mass is 454 g/mol. The lowest BCUT2D eigenvalue weighted by Crippen LogP contribution is -2.38. The molecule has 4 rings (SSSR count). The van der Waals surface area contributed by atoms with Gasteiger partial charge in [0.2, 0.25) is 5.95 Å². The van der Waals surface area contributed by atoms with Crippen LogP contribution in [0.3, 0.4) is 0 Å². The van der Waals surface area contributed by atoms with Gasteiger partial charge in [-0.15, -0.1) is 10.2 Å². The van der Waals surface area contributed by atoms with Gasteiger partial charge >= 0.3 is 0 Å².